The van der Waals surface area contributed by atoms with Gasteiger partial charge in [0.1, 0.15) is 15.8 Å². The van der Waals surface area contributed by atoms with Crippen molar-refractivity contribution in [2.24, 2.45) is 0 Å². The van der Waals surface area contributed by atoms with E-state index in [9.17, 15) is 14.4 Å². The number of morpholine rings is 1. The molecule has 2 saturated heterocycles. The van der Waals surface area contributed by atoms with Crippen molar-refractivity contribution in [3.63, 3.8) is 0 Å². The number of unbranched alkanes of at least 4 members (excludes halogenated alkanes) is 7. The number of aromatic nitrogens is 2. The number of ether oxygens (including phenoxy) is 1. The summed E-state index contributed by atoms with van der Waals surface area (Å²) in [6.45, 7) is 5.77. The number of carbonyl (C=O) groups excluding carboxylic acids is 1. The zero-order valence-electron chi connectivity index (χ0n) is 23.2. The van der Waals surface area contributed by atoms with Crippen molar-refractivity contribution in [3.05, 3.63) is 45.2 Å². The van der Waals surface area contributed by atoms with Crippen molar-refractivity contribution in [2.75, 3.05) is 24.5 Å². The Bertz CT molecular complexity index is 1320. The Labute approximate surface area is 244 Å². The van der Waals surface area contributed by atoms with Crippen LogP contribution in [0, 0.1) is 0 Å². The van der Waals surface area contributed by atoms with Gasteiger partial charge in [0, 0.05) is 32.3 Å². The highest BCUT2D eigenvalue weighted by Gasteiger charge is 2.33. The SMILES string of the molecule is CC1CN(c2nc3ccccn3c(=O)c2/C=C2/SC(=S)N(CCCCCCCCCCC(=O)O)C2=O)CC(C)O1. The number of pyridine rings is 1. The number of hydrogen-bond donors (Lipinski definition) is 1. The highest BCUT2D eigenvalue weighted by molar-refractivity contribution is 8.26. The third-order valence-corrected chi connectivity index (χ3v) is 8.52. The third kappa shape index (κ3) is 7.70. The second-order valence-electron chi connectivity index (χ2n) is 10.6. The fourth-order valence-electron chi connectivity index (χ4n) is 5.24. The summed E-state index contributed by atoms with van der Waals surface area (Å²) in [7, 11) is 0. The van der Waals surface area contributed by atoms with Gasteiger partial charge in [0.05, 0.1) is 22.7 Å². The maximum absolute atomic E-state index is 13.6. The van der Waals surface area contributed by atoms with Crippen LogP contribution in [0.5, 0.6) is 0 Å². The molecule has 2 aliphatic rings. The lowest BCUT2D eigenvalue weighted by atomic mass is 10.1. The quantitative estimate of drug-likeness (QED) is 0.195. The number of aliphatic carboxylic acids is 1. The van der Waals surface area contributed by atoms with Gasteiger partial charge in [-0.1, -0.05) is 68.6 Å². The van der Waals surface area contributed by atoms with E-state index in [0.717, 1.165) is 51.4 Å². The maximum Gasteiger partial charge on any atom is 0.303 e. The Balaban J connectivity index is 1.41. The topological polar surface area (TPSA) is 104 Å². The molecule has 1 N–H and O–H groups in total. The summed E-state index contributed by atoms with van der Waals surface area (Å²) in [6.07, 6.45) is 11.5. The van der Waals surface area contributed by atoms with Crippen LogP contribution in [-0.2, 0) is 14.3 Å². The van der Waals surface area contributed by atoms with Crippen LogP contribution in [0.3, 0.4) is 0 Å². The molecule has 2 aromatic rings. The largest absolute Gasteiger partial charge is 0.481 e. The van der Waals surface area contributed by atoms with Gasteiger partial charge in [-0.15, -0.1) is 0 Å². The predicted octanol–water partition coefficient (Wildman–Crippen LogP) is 5.10. The molecule has 4 heterocycles. The zero-order chi connectivity index (χ0) is 28.6. The van der Waals surface area contributed by atoms with Crippen LogP contribution in [0.4, 0.5) is 5.82 Å². The van der Waals surface area contributed by atoms with E-state index in [2.05, 4.69) is 4.90 Å². The van der Waals surface area contributed by atoms with Crippen LogP contribution in [0.15, 0.2) is 34.1 Å². The van der Waals surface area contributed by atoms with Crippen molar-refractivity contribution in [1.82, 2.24) is 14.3 Å². The van der Waals surface area contributed by atoms with Crippen LogP contribution >= 0.6 is 24.0 Å². The monoisotopic (exact) mass is 586 g/mol. The molecule has 2 fully saturated rings. The molecule has 2 unspecified atom stereocenters. The first kappa shape index (κ1) is 30.2. The van der Waals surface area contributed by atoms with Crippen molar-refractivity contribution >= 4 is 57.7 Å². The number of thioether (sulfide) groups is 1. The smallest absolute Gasteiger partial charge is 0.303 e. The first-order valence-electron chi connectivity index (χ1n) is 14.1. The normalized spacial score (nSPS) is 20.7. The summed E-state index contributed by atoms with van der Waals surface area (Å²) in [5, 5.41) is 8.70. The van der Waals surface area contributed by atoms with Crippen LogP contribution in [0.2, 0.25) is 0 Å². The second-order valence-corrected chi connectivity index (χ2v) is 12.2. The summed E-state index contributed by atoms with van der Waals surface area (Å²) in [5.74, 6) is -0.333. The van der Waals surface area contributed by atoms with Crippen LogP contribution < -0.4 is 10.5 Å². The Morgan fingerprint density at radius 1 is 1.07 bits per heavy atom. The van der Waals surface area contributed by atoms with Crippen LogP contribution in [0.1, 0.15) is 77.2 Å². The van der Waals surface area contributed by atoms with Gasteiger partial charge in [0.25, 0.3) is 11.5 Å². The first-order chi connectivity index (χ1) is 19.2. The summed E-state index contributed by atoms with van der Waals surface area (Å²) in [6, 6.07) is 5.45. The molecule has 0 bridgehead atoms. The summed E-state index contributed by atoms with van der Waals surface area (Å²) in [5.41, 5.74) is 0.716. The zero-order valence-corrected chi connectivity index (χ0v) is 24.8. The Hall–Kier alpha value is -2.76. The molecule has 2 aromatic heterocycles. The molecule has 4 rings (SSSR count). The molecular weight excluding hydrogens is 548 g/mol. The average molecular weight is 587 g/mol. The van der Waals surface area contributed by atoms with E-state index < -0.39 is 5.97 Å². The number of nitrogens with zero attached hydrogens (tertiary/aromatic N) is 4. The number of carboxylic acid groups (broad SMARTS) is 1. The molecule has 216 valence electrons. The molecule has 40 heavy (non-hydrogen) atoms. The highest BCUT2D eigenvalue weighted by Crippen LogP contribution is 2.34. The number of carboxylic acids is 1. The summed E-state index contributed by atoms with van der Waals surface area (Å²) >= 11 is 6.78. The number of rotatable bonds is 13. The maximum atomic E-state index is 13.6. The molecule has 0 aromatic carbocycles. The van der Waals surface area contributed by atoms with Crippen LogP contribution in [-0.4, -0.2) is 67.4 Å². The van der Waals surface area contributed by atoms with Gasteiger partial charge in [-0.05, 0) is 44.9 Å². The predicted molar refractivity (Wildman–Crippen MR) is 163 cm³/mol. The number of fused-ring (bicyclic) bond motifs is 1. The standard InChI is InChI=1S/C29H38N4O5S2/c1-20-18-31(19-21(2)38-20)26-22(27(36)32-15-12-10-13-24(32)30-26)17-23-28(37)33(29(39)40-23)16-11-8-6-4-3-5-7-9-14-25(34)35/h10,12-13,15,17,20-21H,3-9,11,14,16,18-19H2,1-2H3,(H,34,35)/b23-17+. The number of carbonyl (C=O) groups is 2. The van der Waals surface area contributed by atoms with Gasteiger partial charge in [-0.25, -0.2) is 4.98 Å². The van der Waals surface area contributed by atoms with E-state index in [0.29, 0.717) is 45.9 Å². The fourth-order valence-corrected chi connectivity index (χ4v) is 6.53. The number of amides is 1. The van der Waals surface area contributed by atoms with Crippen molar-refractivity contribution in [2.45, 2.75) is 83.8 Å². The number of hydrogen-bond acceptors (Lipinski definition) is 8. The minimum absolute atomic E-state index is 0.0113. The fraction of sp³-hybridized carbons (Fsp3) is 0.552. The molecule has 9 nitrogen and oxygen atoms in total. The van der Waals surface area contributed by atoms with Gasteiger partial charge in [0.2, 0.25) is 0 Å². The molecule has 0 spiro atoms. The van der Waals surface area contributed by atoms with Gasteiger partial charge in [-0.3, -0.25) is 23.7 Å². The van der Waals surface area contributed by atoms with Gasteiger partial charge >= 0.3 is 5.97 Å². The van der Waals surface area contributed by atoms with E-state index in [4.69, 9.17) is 27.0 Å². The third-order valence-electron chi connectivity index (χ3n) is 7.14. The number of anilines is 1. The first-order valence-corrected chi connectivity index (χ1v) is 15.4. The lowest BCUT2D eigenvalue weighted by molar-refractivity contribution is -0.137. The molecule has 1 amide bonds. The van der Waals surface area contributed by atoms with Crippen molar-refractivity contribution in [1.29, 1.82) is 0 Å². The second kappa shape index (κ2) is 14.2. The molecule has 0 saturated carbocycles. The minimum Gasteiger partial charge on any atom is -0.481 e. The Kier molecular flexibility index (Phi) is 10.7. The van der Waals surface area contributed by atoms with E-state index in [-0.39, 0.29) is 30.1 Å². The molecule has 2 aliphatic heterocycles. The summed E-state index contributed by atoms with van der Waals surface area (Å²) in [4.78, 5) is 46.5. The summed E-state index contributed by atoms with van der Waals surface area (Å²) < 4.78 is 7.92. The van der Waals surface area contributed by atoms with E-state index in [1.807, 2.05) is 19.9 Å². The Morgan fingerprint density at radius 2 is 1.73 bits per heavy atom. The molecule has 0 radical (unpaired) electrons. The lowest BCUT2D eigenvalue weighted by Crippen LogP contribution is -2.46. The van der Waals surface area contributed by atoms with E-state index in [1.165, 1.54) is 16.2 Å². The molecule has 2 atom stereocenters. The lowest BCUT2D eigenvalue weighted by Gasteiger charge is -2.36. The van der Waals surface area contributed by atoms with Gasteiger partial charge in [0.15, 0.2) is 0 Å². The molecule has 11 heteroatoms. The van der Waals surface area contributed by atoms with Gasteiger partial charge in [-0.2, -0.15) is 0 Å². The average Bonchev–Trinajstić information content (AvgIpc) is 3.17. The highest BCUT2D eigenvalue weighted by atomic mass is 32.2. The minimum atomic E-state index is -0.728. The van der Waals surface area contributed by atoms with Gasteiger partial charge < -0.3 is 14.7 Å². The molecule has 0 aliphatic carbocycles. The van der Waals surface area contributed by atoms with E-state index >= 15 is 0 Å². The van der Waals surface area contributed by atoms with Crippen molar-refractivity contribution < 1.29 is 19.4 Å². The molecular formula is C29H38N4O5S2. The van der Waals surface area contributed by atoms with Crippen LogP contribution in [0.25, 0.3) is 11.7 Å². The van der Waals surface area contributed by atoms with E-state index in [1.54, 1.807) is 29.3 Å². The number of thiocarbonyl (C=S) groups is 1. The van der Waals surface area contributed by atoms with Crippen molar-refractivity contribution in [3.8, 4) is 0 Å². The Morgan fingerprint density at radius 3 is 2.40 bits per heavy atom.